The first kappa shape index (κ1) is 13.6. The fraction of sp³-hybridized carbons (Fsp3) is 0.400. The molecule has 1 radical (unpaired) electrons. The Labute approximate surface area is 114 Å². The molecule has 0 aliphatic heterocycles. The van der Waals surface area contributed by atoms with Gasteiger partial charge in [-0.1, -0.05) is 19.4 Å². The van der Waals surface area contributed by atoms with Gasteiger partial charge >= 0.3 is 0 Å². The van der Waals surface area contributed by atoms with Crippen molar-refractivity contribution in [3.8, 4) is 0 Å². The van der Waals surface area contributed by atoms with Crippen LogP contribution in [0.25, 0.3) is 0 Å². The summed E-state index contributed by atoms with van der Waals surface area (Å²) in [6.07, 6.45) is 10.8. The van der Waals surface area contributed by atoms with Gasteiger partial charge in [0, 0.05) is 18.4 Å². The van der Waals surface area contributed by atoms with Gasteiger partial charge in [0.25, 0.3) is 0 Å². The summed E-state index contributed by atoms with van der Waals surface area (Å²) in [6.45, 7) is 3.95. The number of nitrogens with one attached hydrogen (secondary N) is 2. The lowest BCUT2D eigenvalue weighted by molar-refractivity contribution is 0.576. The number of pyridine rings is 1. The molecule has 2 heterocycles. The van der Waals surface area contributed by atoms with E-state index in [1.807, 2.05) is 30.6 Å². The van der Waals surface area contributed by atoms with Crippen LogP contribution in [0.5, 0.6) is 0 Å². The largest absolute Gasteiger partial charge is 0.367 e. The third kappa shape index (κ3) is 4.73. The molecule has 0 aliphatic rings. The summed E-state index contributed by atoms with van der Waals surface area (Å²) < 4.78 is 0. The van der Waals surface area contributed by atoms with Gasteiger partial charge in [-0.3, -0.25) is 0 Å². The van der Waals surface area contributed by atoms with Crippen molar-refractivity contribution >= 4 is 5.82 Å². The van der Waals surface area contributed by atoms with Crippen LogP contribution in [0.4, 0.5) is 5.82 Å². The minimum atomic E-state index is 0.436. The summed E-state index contributed by atoms with van der Waals surface area (Å²) in [6, 6.07) is 6.37. The third-order valence-corrected chi connectivity index (χ3v) is 3.11. The first-order valence-corrected chi connectivity index (χ1v) is 6.83. The van der Waals surface area contributed by atoms with Crippen molar-refractivity contribution in [1.29, 1.82) is 0 Å². The molecule has 2 aromatic heterocycles. The van der Waals surface area contributed by atoms with Crippen molar-refractivity contribution in [3.63, 3.8) is 0 Å². The fourth-order valence-corrected chi connectivity index (χ4v) is 2.15. The van der Waals surface area contributed by atoms with Gasteiger partial charge in [0.15, 0.2) is 0 Å². The van der Waals surface area contributed by atoms with E-state index in [-0.39, 0.29) is 0 Å². The average Bonchev–Trinajstić information content (AvgIpc) is 2.93. The lowest BCUT2D eigenvalue weighted by Gasteiger charge is -2.18. The Morgan fingerprint density at radius 3 is 2.89 bits per heavy atom. The van der Waals surface area contributed by atoms with E-state index < -0.39 is 0 Å². The van der Waals surface area contributed by atoms with E-state index in [1.165, 1.54) is 0 Å². The zero-order chi connectivity index (χ0) is 13.3. The number of aromatic nitrogens is 3. The number of hydrogen-bond acceptors (Lipinski definition) is 3. The van der Waals surface area contributed by atoms with Gasteiger partial charge in [0.2, 0.25) is 0 Å². The maximum absolute atomic E-state index is 4.31. The zero-order valence-electron chi connectivity index (χ0n) is 11.2. The topological polar surface area (TPSA) is 53.6 Å². The molecule has 19 heavy (non-hydrogen) atoms. The molecule has 2 N–H and O–H groups in total. The van der Waals surface area contributed by atoms with E-state index in [0.29, 0.717) is 6.04 Å². The van der Waals surface area contributed by atoms with Gasteiger partial charge in [-0.15, -0.1) is 0 Å². The highest BCUT2D eigenvalue weighted by molar-refractivity contribution is 5.34. The van der Waals surface area contributed by atoms with E-state index in [4.69, 9.17) is 0 Å². The highest BCUT2D eigenvalue weighted by atomic mass is 15.0. The predicted molar refractivity (Wildman–Crippen MR) is 77.8 cm³/mol. The van der Waals surface area contributed by atoms with Gasteiger partial charge in [0.05, 0.1) is 12.0 Å². The molecule has 0 fully saturated rings. The lowest BCUT2D eigenvalue weighted by atomic mass is 10.0. The highest BCUT2D eigenvalue weighted by Gasteiger charge is 2.08. The molecule has 0 aromatic carbocycles. The molecule has 4 nitrogen and oxygen atoms in total. The molecule has 0 aliphatic carbocycles. The van der Waals surface area contributed by atoms with E-state index in [9.17, 15) is 0 Å². The van der Waals surface area contributed by atoms with E-state index in [1.54, 1.807) is 6.33 Å². The molecule has 0 saturated carbocycles. The molecule has 0 spiro atoms. The summed E-state index contributed by atoms with van der Waals surface area (Å²) in [4.78, 5) is 11.5. The smallest absolute Gasteiger partial charge is 0.126 e. The molecular formula is C15H21N4. The Morgan fingerprint density at radius 2 is 2.21 bits per heavy atom. The van der Waals surface area contributed by atoms with Crippen LogP contribution in [0, 0.1) is 6.92 Å². The van der Waals surface area contributed by atoms with E-state index >= 15 is 0 Å². The average molecular weight is 257 g/mol. The summed E-state index contributed by atoms with van der Waals surface area (Å²) in [5.74, 6) is 0.945. The Hall–Kier alpha value is -1.84. The normalized spacial score (nSPS) is 12.3. The van der Waals surface area contributed by atoms with Crippen molar-refractivity contribution in [1.82, 2.24) is 15.0 Å². The Morgan fingerprint density at radius 1 is 1.26 bits per heavy atom. The van der Waals surface area contributed by atoms with Crippen molar-refractivity contribution in [2.24, 2.45) is 0 Å². The van der Waals surface area contributed by atoms with Crippen molar-refractivity contribution in [3.05, 3.63) is 49.5 Å². The van der Waals surface area contributed by atoms with E-state index in [2.05, 4.69) is 27.2 Å². The van der Waals surface area contributed by atoms with Crippen LogP contribution >= 0.6 is 0 Å². The Bertz CT molecular complexity index is 438. The van der Waals surface area contributed by atoms with Crippen LogP contribution in [0.1, 0.15) is 31.4 Å². The fourth-order valence-electron chi connectivity index (χ4n) is 2.15. The van der Waals surface area contributed by atoms with Gasteiger partial charge in [-0.05, 0) is 37.8 Å². The van der Waals surface area contributed by atoms with Crippen LogP contribution < -0.4 is 5.32 Å². The van der Waals surface area contributed by atoms with Crippen molar-refractivity contribution in [2.45, 2.75) is 38.1 Å². The molecule has 1 atom stereocenters. The van der Waals surface area contributed by atoms with Crippen LogP contribution in [-0.2, 0) is 6.42 Å². The number of anilines is 1. The summed E-state index contributed by atoms with van der Waals surface area (Å²) in [5, 5.41) is 3.48. The molecule has 2 aromatic rings. The number of nitrogens with zero attached hydrogens (tertiary/aromatic N) is 2. The van der Waals surface area contributed by atoms with Crippen molar-refractivity contribution < 1.29 is 0 Å². The van der Waals surface area contributed by atoms with Crippen LogP contribution in [0.3, 0.4) is 0 Å². The molecule has 101 valence electrons. The van der Waals surface area contributed by atoms with Crippen molar-refractivity contribution in [2.75, 3.05) is 5.32 Å². The van der Waals surface area contributed by atoms with Crippen LogP contribution in [-0.4, -0.2) is 21.0 Å². The zero-order valence-corrected chi connectivity index (χ0v) is 11.2. The number of rotatable bonds is 8. The van der Waals surface area contributed by atoms with E-state index in [0.717, 1.165) is 43.6 Å². The molecule has 0 amide bonds. The third-order valence-electron chi connectivity index (χ3n) is 3.11. The first-order chi connectivity index (χ1) is 9.38. The maximum Gasteiger partial charge on any atom is 0.126 e. The monoisotopic (exact) mass is 257 g/mol. The number of aryl methyl sites for hydroxylation is 1. The minimum Gasteiger partial charge on any atom is -0.367 e. The molecule has 0 bridgehead atoms. The van der Waals surface area contributed by atoms with Crippen LogP contribution in [0.2, 0.25) is 0 Å². The van der Waals surface area contributed by atoms with Gasteiger partial charge in [-0.25, -0.2) is 9.97 Å². The van der Waals surface area contributed by atoms with Gasteiger partial charge in [-0.2, -0.15) is 0 Å². The first-order valence-electron chi connectivity index (χ1n) is 6.83. The molecular weight excluding hydrogens is 236 g/mol. The predicted octanol–water partition coefficient (Wildman–Crippen LogP) is 3.22. The second-order valence-corrected chi connectivity index (χ2v) is 4.65. The van der Waals surface area contributed by atoms with Gasteiger partial charge < -0.3 is 10.3 Å². The second-order valence-electron chi connectivity index (χ2n) is 4.65. The summed E-state index contributed by atoms with van der Waals surface area (Å²) in [7, 11) is 0. The minimum absolute atomic E-state index is 0.436. The number of imidazole rings is 1. The molecule has 2 rings (SSSR count). The standard InChI is InChI=1S/C15H21N4/c1-2-6-13(19-15-9-3-4-10-17-15)7-5-8-14-11-16-12-18-14/h3-4,9-13H,1-2,5-8H2,(H,16,18)(H,17,19). The Balaban J connectivity index is 1.79. The molecule has 1 unspecified atom stereocenters. The second kappa shape index (κ2) is 7.56. The molecule has 4 heteroatoms. The molecule has 0 saturated heterocycles. The quantitative estimate of drug-likeness (QED) is 0.763. The maximum atomic E-state index is 4.31. The summed E-state index contributed by atoms with van der Waals surface area (Å²) >= 11 is 0. The summed E-state index contributed by atoms with van der Waals surface area (Å²) in [5.41, 5.74) is 1.13. The highest BCUT2D eigenvalue weighted by Crippen LogP contribution is 2.13. The number of hydrogen-bond donors (Lipinski definition) is 2. The number of aromatic amines is 1. The Kier molecular flexibility index (Phi) is 5.41. The lowest BCUT2D eigenvalue weighted by Crippen LogP contribution is -2.20. The SMILES string of the molecule is [CH2]CCC(CCCc1c[nH]cn1)Nc1ccccn1. The van der Waals surface area contributed by atoms with Gasteiger partial charge in [0.1, 0.15) is 5.82 Å². The van der Waals surface area contributed by atoms with Crippen LogP contribution in [0.15, 0.2) is 36.9 Å². The number of H-pyrrole nitrogens is 1.